The lowest BCUT2D eigenvalue weighted by Gasteiger charge is -2.26. The number of fused-ring (bicyclic) bond motifs is 1. The first-order valence-electron chi connectivity index (χ1n) is 15.4. The van der Waals surface area contributed by atoms with E-state index >= 15 is 0 Å². The molecule has 1 atom stereocenters. The minimum absolute atomic E-state index is 0.0661. The Hall–Kier alpha value is -4.17. The predicted molar refractivity (Wildman–Crippen MR) is 196 cm³/mol. The lowest BCUT2D eigenvalue weighted by Crippen LogP contribution is -2.41. The van der Waals surface area contributed by atoms with Gasteiger partial charge in [-0.2, -0.15) is 13.2 Å². The van der Waals surface area contributed by atoms with Gasteiger partial charge < -0.3 is 14.2 Å². The second kappa shape index (κ2) is 15.6. The van der Waals surface area contributed by atoms with E-state index in [4.69, 9.17) is 25.8 Å². The van der Waals surface area contributed by atoms with Crippen LogP contribution in [0.5, 0.6) is 11.5 Å². The van der Waals surface area contributed by atoms with Crippen molar-refractivity contribution in [2.24, 2.45) is 4.99 Å². The molecule has 1 aliphatic heterocycles. The lowest BCUT2D eigenvalue weighted by atomic mass is 9.95. The fraction of sp³-hybridized carbons (Fsp3) is 0.162. The first-order chi connectivity index (χ1) is 24.4. The lowest BCUT2D eigenvalue weighted by molar-refractivity contribution is -0.140. The van der Waals surface area contributed by atoms with Crippen LogP contribution in [0.15, 0.2) is 121 Å². The van der Waals surface area contributed by atoms with E-state index in [1.54, 1.807) is 18.2 Å². The molecular weight excluding hydrogens is 837 g/mol. The van der Waals surface area contributed by atoms with Gasteiger partial charge in [0.05, 0.1) is 22.8 Å². The van der Waals surface area contributed by atoms with Crippen LogP contribution in [-0.4, -0.2) is 23.3 Å². The van der Waals surface area contributed by atoms with Crippen LogP contribution in [0.25, 0.3) is 6.08 Å². The number of hydrogen-bond donors (Lipinski definition) is 0. The van der Waals surface area contributed by atoms with Gasteiger partial charge in [-0.1, -0.05) is 91.2 Å². The van der Waals surface area contributed by atoms with Crippen molar-refractivity contribution in [2.75, 3.05) is 6.61 Å². The summed E-state index contributed by atoms with van der Waals surface area (Å²) < 4.78 is 63.9. The molecular formula is C37H26Br2ClF3N2O5S. The van der Waals surface area contributed by atoms with Crippen molar-refractivity contribution in [3.8, 4) is 11.5 Å². The van der Waals surface area contributed by atoms with E-state index < -0.39 is 35.0 Å². The third-order valence-electron chi connectivity index (χ3n) is 7.68. The standard InChI is InChI=1S/C37H26Br2ClF3N2O5S/c1-2-48-35(47)31-32(23-7-14-27(40)15-8-23)45-34(46)30(51-36(45)44-33(31)37(41,42)43)17-24-9-16-28(49-19-21-3-10-25(38)11-4-21)18-29(24)50-20-22-5-12-26(39)13-6-22/h3-18,32H,2,19-20H2,1H3/b30-17+/t32-/m1/s1. The number of allylic oxidation sites excluding steroid dienone is 1. The normalized spacial score (nSPS) is 14.6. The van der Waals surface area contributed by atoms with Gasteiger partial charge in [0.25, 0.3) is 5.56 Å². The van der Waals surface area contributed by atoms with Gasteiger partial charge in [-0.05, 0) is 78.2 Å². The first-order valence-corrected chi connectivity index (χ1v) is 18.1. The van der Waals surface area contributed by atoms with E-state index in [0.717, 1.165) is 36.0 Å². The predicted octanol–water partition coefficient (Wildman–Crippen LogP) is 8.68. The van der Waals surface area contributed by atoms with Crippen LogP contribution in [0.3, 0.4) is 0 Å². The van der Waals surface area contributed by atoms with Crippen molar-refractivity contribution < 1.29 is 32.2 Å². The van der Waals surface area contributed by atoms with Crippen LogP contribution in [0.4, 0.5) is 13.2 Å². The zero-order chi connectivity index (χ0) is 36.3. The van der Waals surface area contributed by atoms with Crippen molar-refractivity contribution in [1.82, 2.24) is 4.57 Å². The van der Waals surface area contributed by atoms with Gasteiger partial charge in [-0.25, -0.2) is 9.79 Å². The molecule has 0 N–H and O–H groups in total. The molecule has 0 unspecified atom stereocenters. The van der Waals surface area contributed by atoms with E-state index in [2.05, 4.69) is 36.9 Å². The van der Waals surface area contributed by atoms with Crippen LogP contribution in [0.1, 0.15) is 35.2 Å². The SMILES string of the molecule is CCOC(=O)C1=C(C(F)(F)F)N=c2s/c(=C/c3ccc(OCc4ccc(Br)cc4)cc3OCc3ccc(Br)cc3)c(=O)n2[C@@H]1c1ccc(Cl)cc1. The number of thiazole rings is 1. The highest BCUT2D eigenvalue weighted by Crippen LogP contribution is 2.38. The number of ether oxygens (including phenoxy) is 3. The number of carbonyl (C=O) groups excluding carboxylic acids is 1. The number of carbonyl (C=O) groups is 1. The fourth-order valence-corrected chi connectivity index (χ4v) is 6.93. The molecule has 14 heteroatoms. The molecule has 0 amide bonds. The van der Waals surface area contributed by atoms with E-state index in [-0.39, 0.29) is 34.7 Å². The number of nitrogens with zero attached hydrogens (tertiary/aromatic N) is 2. The minimum atomic E-state index is -5.03. The highest BCUT2D eigenvalue weighted by Gasteiger charge is 2.45. The largest absolute Gasteiger partial charge is 0.489 e. The van der Waals surface area contributed by atoms with Crippen molar-refractivity contribution in [1.29, 1.82) is 0 Å². The smallest absolute Gasteiger partial charge is 0.434 e. The van der Waals surface area contributed by atoms with Gasteiger partial charge >= 0.3 is 12.1 Å². The number of alkyl halides is 3. The van der Waals surface area contributed by atoms with Gasteiger partial charge in [0.15, 0.2) is 10.5 Å². The van der Waals surface area contributed by atoms with Crippen LogP contribution < -0.4 is 24.4 Å². The average Bonchev–Trinajstić information content (AvgIpc) is 3.42. The number of esters is 1. The minimum Gasteiger partial charge on any atom is -0.489 e. The Morgan fingerprint density at radius 2 is 1.53 bits per heavy atom. The Bertz CT molecular complexity index is 2290. The second-order valence-electron chi connectivity index (χ2n) is 11.1. The molecule has 6 rings (SSSR count). The van der Waals surface area contributed by atoms with Crippen LogP contribution in [0.2, 0.25) is 5.02 Å². The molecule has 2 heterocycles. The Balaban J connectivity index is 1.46. The molecule has 0 bridgehead atoms. The molecule has 0 aliphatic carbocycles. The van der Waals surface area contributed by atoms with Crippen LogP contribution >= 0.6 is 54.8 Å². The highest BCUT2D eigenvalue weighted by molar-refractivity contribution is 9.10. The Kier molecular flexibility index (Phi) is 11.2. The van der Waals surface area contributed by atoms with E-state index in [1.807, 2.05) is 48.5 Å². The summed E-state index contributed by atoms with van der Waals surface area (Å²) in [6.45, 7) is 1.76. The zero-order valence-corrected chi connectivity index (χ0v) is 31.3. The topological polar surface area (TPSA) is 79.1 Å². The number of rotatable bonds is 10. The molecule has 4 aromatic carbocycles. The van der Waals surface area contributed by atoms with Crippen molar-refractivity contribution >= 4 is 66.8 Å². The van der Waals surface area contributed by atoms with Crippen molar-refractivity contribution in [3.05, 3.63) is 158 Å². The molecule has 0 saturated carbocycles. The zero-order valence-electron chi connectivity index (χ0n) is 26.5. The maximum Gasteiger partial charge on any atom is 0.434 e. The monoisotopic (exact) mass is 860 g/mol. The first kappa shape index (κ1) is 36.6. The molecule has 0 radical (unpaired) electrons. The van der Waals surface area contributed by atoms with Gasteiger partial charge in [-0.15, -0.1) is 0 Å². The number of benzene rings is 4. The molecule has 262 valence electrons. The van der Waals surface area contributed by atoms with Gasteiger partial charge in [0.1, 0.15) is 24.7 Å². The van der Waals surface area contributed by atoms with Gasteiger partial charge in [0, 0.05) is 25.6 Å². The average molecular weight is 863 g/mol. The number of aromatic nitrogens is 1. The fourth-order valence-electron chi connectivity index (χ4n) is 5.28. The summed E-state index contributed by atoms with van der Waals surface area (Å²) >= 11 is 13.7. The van der Waals surface area contributed by atoms with Gasteiger partial charge in [0.2, 0.25) is 0 Å². The third kappa shape index (κ3) is 8.49. The number of halogens is 6. The summed E-state index contributed by atoms with van der Waals surface area (Å²) in [5, 5.41) is 0.323. The molecule has 1 aliphatic rings. The van der Waals surface area contributed by atoms with Crippen LogP contribution in [-0.2, 0) is 22.7 Å². The summed E-state index contributed by atoms with van der Waals surface area (Å²) in [7, 11) is 0. The summed E-state index contributed by atoms with van der Waals surface area (Å²) in [6.07, 6.45) is -3.50. The highest BCUT2D eigenvalue weighted by atomic mass is 79.9. The van der Waals surface area contributed by atoms with Crippen molar-refractivity contribution in [2.45, 2.75) is 32.4 Å². The molecule has 0 fully saturated rings. The van der Waals surface area contributed by atoms with E-state index in [0.29, 0.717) is 22.1 Å². The maximum atomic E-state index is 14.5. The Labute approximate surface area is 315 Å². The van der Waals surface area contributed by atoms with Crippen molar-refractivity contribution in [3.63, 3.8) is 0 Å². The molecule has 5 aromatic rings. The summed E-state index contributed by atoms with van der Waals surface area (Å²) in [6, 6.07) is 24.7. The van der Waals surface area contributed by atoms with E-state index in [9.17, 15) is 22.8 Å². The molecule has 51 heavy (non-hydrogen) atoms. The summed E-state index contributed by atoms with van der Waals surface area (Å²) in [4.78, 5) is 30.9. The van der Waals surface area contributed by atoms with Gasteiger partial charge in [-0.3, -0.25) is 9.36 Å². The Morgan fingerprint density at radius 3 is 2.12 bits per heavy atom. The molecule has 7 nitrogen and oxygen atoms in total. The summed E-state index contributed by atoms with van der Waals surface area (Å²) in [5.74, 6) is -0.362. The molecule has 0 saturated heterocycles. The summed E-state index contributed by atoms with van der Waals surface area (Å²) in [5.41, 5.74) is -0.378. The quantitative estimate of drug-likeness (QED) is 0.132. The molecule has 1 aromatic heterocycles. The maximum absolute atomic E-state index is 14.5. The number of hydrogen-bond acceptors (Lipinski definition) is 7. The Morgan fingerprint density at radius 1 is 0.922 bits per heavy atom. The third-order valence-corrected chi connectivity index (χ3v) is 9.97. The molecule has 0 spiro atoms. The van der Waals surface area contributed by atoms with Crippen LogP contribution in [0, 0.1) is 0 Å². The van der Waals surface area contributed by atoms with E-state index in [1.165, 1.54) is 37.3 Å². The second-order valence-corrected chi connectivity index (χ2v) is 14.4.